The van der Waals surface area contributed by atoms with Gasteiger partial charge in [-0.2, -0.15) is 0 Å². The van der Waals surface area contributed by atoms with Crippen molar-refractivity contribution in [3.05, 3.63) is 0 Å². The van der Waals surface area contributed by atoms with Crippen molar-refractivity contribution in [1.29, 1.82) is 0 Å². The van der Waals surface area contributed by atoms with Gasteiger partial charge >= 0.3 is 0 Å². The molecule has 2 aliphatic rings. The van der Waals surface area contributed by atoms with Gasteiger partial charge in [0, 0.05) is 19.0 Å². The van der Waals surface area contributed by atoms with Gasteiger partial charge in [0.2, 0.25) is 5.91 Å². The van der Waals surface area contributed by atoms with E-state index in [1.165, 1.54) is 19.3 Å². The lowest BCUT2D eigenvalue weighted by molar-refractivity contribution is -0.132. The van der Waals surface area contributed by atoms with Crippen molar-refractivity contribution in [1.82, 2.24) is 4.90 Å². The van der Waals surface area contributed by atoms with Gasteiger partial charge in [-0.25, -0.2) is 0 Å². The molecule has 2 bridgehead atoms. The number of hydrogen-bond acceptors (Lipinski definition) is 2. The predicted molar refractivity (Wildman–Crippen MR) is 60.4 cm³/mol. The summed E-state index contributed by atoms with van der Waals surface area (Å²) in [7, 11) is 0. The number of amides is 1. The summed E-state index contributed by atoms with van der Waals surface area (Å²) in [5, 5.41) is 0. The van der Waals surface area contributed by atoms with E-state index in [2.05, 4.69) is 4.90 Å². The molecular formula is C12H22N2O. The second kappa shape index (κ2) is 4.97. The molecule has 0 spiro atoms. The smallest absolute Gasteiger partial charge is 0.222 e. The van der Waals surface area contributed by atoms with Gasteiger partial charge in [0.25, 0.3) is 0 Å². The van der Waals surface area contributed by atoms with Gasteiger partial charge in [-0.1, -0.05) is 6.42 Å². The van der Waals surface area contributed by atoms with Crippen LogP contribution >= 0.6 is 0 Å². The first-order valence-electron chi connectivity index (χ1n) is 6.31. The molecule has 1 saturated heterocycles. The zero-order valence-electron chi connectivity index (χ0n) is 9.45. The molecule has 3 nitrogen and oxygen atoms in total. The molecule has 2 N–H and O–H groups in total. The van der Waals surface area contributed by atoms with Crippen LogP contribution in [-0.4, -0.2) is 29.9 Å². The van der Waals surface area contributed by atoms with Crippen LogP contribution in [0.1, 0.15) is 44.9 Å². The predicted octanol–water partition coefficient (Wildman–Crippen LogP) is 1.52. The van der Waals surface area contributed by atoms with Gasteiger partial charge in [-0.05, 0) is 44.6 Å². The summed E-state index contributed by atoms with van der Waals surface area (Å²) >= 11 is 0. The Labute approximate surface area is 92.0 Å². The van der Waals surface area contributed by atoms with Crippen LogP contribution in [-0.2, 0) is 4.79 Å². The Morgan fingerprint density at radius 2 is 2.13 bits per heavy atom. The second-order valence-corrected chi connectivity index (χ2v) is 4.98. The highest BCUT2D eigenvalue weighted by Crippen LogP contribution is 2.37. The van der Waals surface area contributed by atoms with Crippen LogP contribution in [0.4, 0.5) is 0 Å². The van der Waals surface area contributed by atoms with Crippen LogP contribution in [0.15, 0.2) is 0 Å². The maximum Gasteiger partial charge on any atom is 0.222 e. The molecule has 0 radical (unpaired) electrons. The Morgan fingerprint density at radius 1 is 1.27 bits per heavy atom. The van der Waals surface area contributed by atoms with Gasteiger partial charge in [-0.15, -0.1) is 0 Å². The molecular weight excluding hydrogens is 188 g/mol. The monoisotopic (exact) mass is 210 g/mol. The Bertz CT molecular complexity index is 230. The van der Waals surface area contributed by atoms with Crippen LogP contribution in [0.25, 0.3) is 0 Å². The number of unbranched alkanes of at least 4 members (excludes halogenated alkanes) is 2. The van der Waals surface area contributed by atoms with Crippen LogP contribution in [0.2, 0.25) is 0 Å². The number of nitrogens with zero attached hydrogens (tertiary/aromatic N) is 1. The van der Waals surface area contributed by atoms with E-state index in [0.717, 1.165) is 44.7 Å². The Balaban J connectivity index is 1.68. The number of fused-ring (bicyclic) bond motifs is 2. The van der Waals surface area contributed by atoms with E-state index in [1.54, 1.807) is 0 Å². The van der Waals surface area contributed by atoms with E-state index >= 15 is 0 Å². The van der Waals surface area contributed by atoms with Crippen LogP contribution in [0.5, 0.6) is 0 Å². The third kappa shape index (κ3) is 2.51. The number of carbonyl (C=O) groups is 1. The van der Waals surface area contributed by atoms with Crippen LogP contribution in [0.3, 0.4) is 0 Å². The third-order valence-electron chi connectivity index (χ3n) is 3.82. The van der Waals surface area contributed by atoms with Crippen LogP contribution in [0, 0.1) is 5.92 Å². The van der Waals surface area contributed by atoms with Gasteiger partial charge < -0.3 is 10.6 Å². The maximum atomic E-state index is 11.9. The summed E-state index contributed by atoms with van der Waals surface area (Å²) in [6.07, 6.45) is 7.78. The molecule has 0 aromatic carbocycles. The Hall–Kier alpha value is -0.570. The highest BCUT2D eigenvalue weighted by atomic mass is 16.2. The number of nitrogens with two attached hydrogens (primary N) is 1. The number of rotatable bonds is 5. The number of hydrogen-bond donors (Lipinski definition) is 1. The van der Waals surface area contributed by atoms with Crippen molar-refractivity contribution in [2.45, 2.75) is 51.0 Å². The molecule has 1 aliphatic heterocycles. The minimum atomic E-state index is 0.388. The summed E-state index contributed by atoms with van der Waals surface area (Å²) in [6, 6.07) is 0.594. The van der Waals surface area contributed by atoms with Crippen molar-refractivity contribution in [3.63, 3.8) is 0 Å². The fourth-order valence-corrected chi connectivity index (χ4v) is 2.97. The van der Waals surface area contributed by atoms with E-state index in [-0.39, 0.29) is 0 Å². The molecule has 3 heteroatoms. The van der Waals surface area contributed by atoms with Gasteiger partial charge in [0.15, 0.2) is 0 Å². The van der Waals surface area contributed by atoms with E-state index < -0.39 is 0 Å². The first-order valence-corrected chi connectivity index (χ1v) is 6.31. The lowest BCUT2D eigenvalue weighted by atomic mass is 10.1. The molecule has 0 aromatic heterocycles. The van der Waals surface area contributed by atoms with Crippen molar-refractivity contribution >= 4 is 5.91 Å². The number of carbonyl (C=O) groups excluding carboxylic acids is 1. The third-order valence-corrected chi connectivity index (χ3v) is 3.82. The van der Waals surface area contributed by atoms with E-state index in [4.69, 9.17) is 5.73 Å². The molecule has 1 amide bonds. The molecule has 2 atom stereocenters. The summed E-state index contributed by atoms with van der Waals surface area (Å²) in [4.78, 5) is 14.0. The van der Waals surface area contributed by atoms with Gasteiger partial charge in [-0.3, -0.25) is 4.79 Å². The zero-order chi connectivity index (χ0) is 10.7. The molecule has 86 valence electrons. The topological polar surface area (TPSA) is 46.3 Å². The first-order chi connectivity index (χ1) is 7.31. The quantitative estimate of drug-likeness (QED) is 0.699. The van der Waals surface area contributed by atoms with Crippen molar-refractivity contribution in [3.8, 4) is 0 Å². The summed E-state index contributed by atoms with van der Waals surface area (Å²) in [5.74, 6) is 1.21. The molecule has 1 saturated carbocycles. The van der Waals surface area contributed by atoms with Crippen molar-refractivity contribution in [2.24, 2.45) is 11.7 Å². The Morgan fingerprint density at radius 3 is 2.73 bits per heavy atom. The highest BCUT2D eigenvalue weighted by Gasteiger charge is 2.39. The van der Waals surface area contributed by atoms with Crippen molar-refractivity contribution in [2.75, 3.05) is 13.1 Å². The SMILES string of the molecule is NCCCCCC(=O)N1CC2CCC1C2. The summed E-state index contributed by atoms with van der Waals surface area (Å²) in [5.41, 5.74) is 5.42. The van der Waals surface area contributed by atoms with Gasteiger partial charge in [0.05, 0.1) is 0 Å². The number of likely N-dealkylation sites (tertiary alicyclic amines) is 1. The molecule has 2 fully saturated rings. The average molecular weight is 210 g/mol. The molecule has 2 rings (SSSR count). The standard InChI is InChI=1S/C12H22N2O/c13-7-3-1-2-4-12(15)14-9-10-5-6-11(14)8-10/h10-11H,1-9,13H2. The second-order valence-electron chi connectivity index (χ2n) is 4.98. The van der Waals surface area contributed by atoms with Gasteiger partial charge in [0.1, 0.15) is 0 Å². The van der Waals surface area contributed by atoms with E-state index in [0.29, 0.717) is 11.9 Å². The van der Waals surface area contributed by atoms with E-state index in [9.17, 15) is 4.79 Å². The minimum absolute atomic E-state index is 0.388. The molecule has 0 aromatic rings. The normalized spacial score (nSPS) is 28.7. The Kier molecular flexibility index (Phi) is 3.62. The molecule has 1 heterocycles. The van der Waals surface area contributed by atoms with E-state index in [1.807, 2.05) is 0 Å². The maximum absolute atomic E-state index is 11.9. The lowest BCUT2D eigenvalue weighted by Gasteiger charge is -2.27. The molecule has 2 unspecified atom stereocenters. The fraction of sp³-hybridized carbons (Fsp3) is 0.917. The first kappa shape index (κ1) is 10.9. The highest BCUT2D eigenvalue weighted by molar-refractivity contribution is 5.77. The largest absolute Gasteiger partial charge is 0.339 e. The number of piperidine rings is 1. The summed E-state index contributed by atoms with van der Waals surface area (Å²) < 4.78 is 0. The summed E-state index contributed by atoms with van der Waals surface area (Å²) in [6.45, 7) is 1.79. The minimum Gasteiger partial charge on any atom is -0.339 e. The lowest BCUT2D eigenvalue weighted by Crippen LogP contribution is -2.37. The molecule has 15 heavy (non-hydrogen) atoms. The van der Waals surface area contributed by atoms with Crippen molar-refractivity contribution < 1.29 is 4.79 Å². The van der Waals surface area contributed by atoms with Crippen LogP contribution < -0.4 is 5.73 Å². The molecule has 1 aliphatic carbocycles. The average Bonchev–Trinajstić information content (AvgIpc) is 2.85. The fourth-order valence-electron chi connectivity index (χ4n) is 2.97. The zero-order valence-corrected chi connectivity index (χ0v) is 9.45.